The minimum absolute atomic E-state index is 0.0836. The second kappa shape index (κ2) is 4.85. The summed E-state index contributed by atoms with van der Waals surface area (Å²) < 4.78 is 0. The highest BCUT2D eigenvalue weighted by Crippen LogP contribution is 2.22. The summed E-state index contributed by atoms with van der Waals surface area (Å²) in [6.45, 7) is 4.54. The molecule has 0 spiro atoms. The summed E-state index contributed by atoms with van der Waals surface area (Å²) in [6, 6.07) is 5.71. The first kappa shape index (κ1) is 12.5. The average molecular weight is 268 g/mol. The number of hydrogen-bond donors (Lipinski definition) is 3. The van der Waals surface area contributed by atoms with Crippen molar-refractivity contribution in [1.29, 1.82) is 0 Å². The van der Waals surface area contributed by atoms with E-state index in [9.17, 15) is 4.79 Å². The van der Waals surface area contributed by atoms with Crippen molar-refractivity contribution in [3.8, 4) is 0 Å². The summed E-state index contributed by atoms with van der Waals surface area (Å²) >= 11 is 0. The minimum Gasteiger partial charge on any atom is -0.358 e. The second-order valence-electron chi connectivity index (χ2n) is 4.89. The molecule has 20 heavy (non-hydrogen) atoms. The highest BCUT2D eigenvalue weighted by atomic mass is 16.1. The number of benzene rings is 1. The van der Waals surface area contributed by atoms with Gasteiger partial charge < -0.3 is 15.3 Å². The van der Waals surface area contributed by atoms with E-state index < -0.39 is 0 Å². The Morgan fingerprint density at radius 1 is 1.35 bits per heavy atom. The van der Waals surface area contributed by atoms with Gasteiger partial charge in [-0.25, -0.2) is 4.98 Å². The summed E-state index contributed by atoms with van der Waals surface area (Å²) in [5.74, 6) is -0.0836. The van der Waals surface area contributed by atoms with Gasteiger partial charge in [-0.3, -0.25) is 4.79 Å². The molecule has 3 aromatic rings. The Hall–Kier alpha value is -2.56. The maximum absolute atomic E-state index is 12.1. The highest BCUT2D eigenvalue weighted by molar-refractivity contribution is 5.98. The highest BCUT2D eigenvalue weighted by Gasteiger charge is 2.09. The van der Waals surface area contributed by atoms with Crippen molar-refractivity contribution >= 4 is 16.8 Å². The molecule has 0 fully saturated rings. The van der Waals surface area contributed by atoms with Crippen molar-refractivity contribution in [2.24, 2.45) is 0 Å². The van der Waals surface area contributed by atoms with Crippen LogP contribution in [0.15, 0.2) is 30.7 Å². The fourth-order valence-electron chi connectivity index (χ4n) is 2.26. The van der Waals surface area contributed by atoms with Gasteiger partial charge in [0, 0.05) is 28.4 Å². The fourth-order valence-corrected chi connectivity index (χ4v) is 2.26. The van der Waals surface area contributed by atoms with E-state index in [1.54, 1.807) is 12.5 Å². The molecular formula is C15H16N4O. The lowest BCUT2D eigenvalue weighted by molar-refractivity contribution is 0.0950. The third kappa shape index (κ3) is 2.18. The van der Waals surface area contributed by atoms with E-state index in [2.05, 4.69) is 27.2 Å². The van der Waals surface area contributed by atoms with Crippen LogP contribution in [-0.2, 0) is 6.54 Å². The second-order valence-corrected chi connectivity index (χ2v) is 4.89. The van der Waals surface area contributed by atoms with E-state index in [0.717, 1.165) is 22.3 Å². The van der Waals surface area contributed by atoms with Gasteiger partial charge >= 0.3 is 0 Å². The molecule has 0 unspecified atom stereocenters. The smallest absolute Gasteiger partial charge is 0.251 e. The molecule has 0 atom stereocenters. The monoisotopic (exact) mass is 268 g/mol. The number of amides is 1. The van der Waals surface area contributed by atoms with Crippen molar-refractivity contribution in [1.82, 2.24) is 20.3 Å². The lowest BCUT2D eigenvalue weighted by Gasteiger charge is -2.04. The van der Waals surface area contributed by atoms with E-state index in [-0.39, 0.29) is 5.91 Å². The molecule has 0 aliphatic rings. The zero-order chi connectivity index (χ0) is 14.1. The van der Waals surface area contributed by atoms with E-state index in [0.29, 0.717) is 12.1 Å². The van der Waals surface area contributed by atoms with E-state index in [1.165, 1.54) is 5.56 Å². The summed E-state index contributed by atoms with van der Waals surface area (Å²) in [4.78, 5) is 22.3. The van der Waals surface area contributed by atoms with Crippen molar-refractivity contribution in [3.05, 3.63) is 53.2 Å². The Bertz CT molecular complexity index is 756. The summed E-state index contributed by atoms with van der Waals surface area (Å²) in [5.41, 5.74) is 4.93. The number of nitrogens with one attached hydrogen (secondary N) is 3. The molecule has 2 heterocycles. The summed E-state index contributed by atoms with van der Waals surface area (Å²) in [7, 11) is 0. The molecule has 5 heteroatoms. The number of H-pyrrole nitrogens is 2. The van der Waals surface area contributed by atoms with Gasteiger partial charge in [-0.1, -0.05) is 0 Å². The molecule has 0 aliphatic heterocycles. The lowest BCUT2D eigenvalue weighted by atomic mass is 10.1. The van der Waals surface area contributed by atoms with Crippen LogP contribution in [0.25, 0.3) is 10.9 Å². The number of aromatic amines is 2. The maximum Gasteiger partial charge on any atom is 0.251 e. The molecule has 1 amide bonds. The third-order valence-electron chi connectivity index (χ3n) is 3.56. The molecule has 3 N–H and O–H groups in total. The molecule has 0 saturated heterocycles. The first-order valence-corrected chi connectivity index (χ1v) is 6.49. The molecule has 0 aliphatic carbocycles. The predicted molar refractivity (Wildman–Crippen MR) is 77.5 cm³/mol. The topological polar surface area (TPSA) is 73.6 Å². The Balaban J connectivity index is 1.82. The number of imidazole rings is 1. The zero-order valence-electron chi connectivity index (χ0n) is 11.4. The number of aryl methyl sites for hydroxylation is 2. The Kier molecular flexibility index (Phi) is 3.02. The quantitative estimate of drug-likeness (QED) is 0.682. The van der Waals surface area contributed by atoms with Gasteiger partial charge in [0.1, 0.15) is 0 Å². The predicted octanol–water partition coefficient (Wildman–Crippen LogP) is 2.44. The number of fused-ring (bicyclic) bond motifs is 1. The molecule has 3 rings (SSSR count). The third-order valence-corrected chi connectivity index (χ3v) is 3.56. The number of carbonyl (C=O) groups is 1. The van der Waals surface area contributed by atoms with Crippen LogP contribution in [-0.4, -0.2) is 20.9 Å². The molecule has 2 aromatic heterocycles. The Morgan fingerprint density at radius 2 is 2.20 bits per heavy atom. The van der Waals surface area contributed by atoms with E-state index in [1.807, 2.05) is 25.1 Å². The number of rotatable bonds is 3. The van der Waals surface area contributed by atoms with Crippen LogP contribution in [0.1, 0.15) is 27.3 Å². The number of aromatic nitrogens is 3. The first-order valence-electron chi connectivity index (χ1n) is 6.49. The summed E-state index contributed by atoms with van der Waals surface area (Å²) in [6.07, 6.45) is 3.29. The molecule has 0 radical (unpaired) electrons. The molecule has 5 nitrogen and oxygen atoms in total. The molecule has 0 saturated carbocycles. The molecule has 1 aromatic carbocycles. The largest absolute Gasteiger partial charge is 0.358 e. The standard InChI is InChI=1S/C15H16N4O/c1-9-10(2)19-14-4-3-11(5-13(9)14)15(20)17-7-12-6-16-8-18-12/h3-6,8,19H,7H2,1-2H3,(H,16,18)(H,17,20). The normalized spacial score (nSPS) is 10.9. The van der Waals surface area contributed by atoms with Gasteiger partial charge in [0.15, 0.2) is 0 Å². The van der Waals surface area contributed by atoms with Crippen LogP contribution in [0.5, 0.6) is 0 Å². The molecule has 102 valence electrons. The lowest BCUT2D eigenvalue weighted by Crippen LogP contribution is -2.22. The van der Waals surface area contributed by atoms with Crippen LogP contribution in [0.3, 0.4) is 0 Å². The van der Waals surface area contributed by atoms with Crippen LogP contribution in [0, 0.1) is 13.8 Å². The minimum atomic E-state index is -0.0836. The Labute approximate surface area is 116 Å². The van der Waals surface area contributed by atoms with Crippen molar-refractivity contribution in [3.63, 3.8) is 0 Å². The fraction of sp³-hybridized carbons (Fsp3) is 0.200. The molecule has 0 bridgehead atoms. The Morgan fingerprint density at radius 3 is 2.95 bits per heavy atom. The number of nitrogens with zero attached hydrogens (tertiary/aromatic N) is 1. The van der Waals surface area contributed by atoms with Gasteiger partial charge in [0.2, 0.25) is 0 Å². The van der Waals surface area contributed by atoms with Crippen LogP contribution in [0.4, 0.5) is 0 Å². The molecular weight excluding hydrogens is 252 g/mol. The van der Waals surface area contributed by atoms with Gasteiger partial charge in [0.25, 0.3) is 5.91 Å². The van der Waals surface area contributed by atoms with Crippen LogP contribution >= 0.6 is 0 Å². The van der Waals surface area contributed by atoms with Crippen molar-refractivity contribution < 1.29 is 4.79 Å². The number of carbonyl (C=O) groups excluding carboxylic acids is 1. The first-order chi connectivity index (χ1) is 9.65. The van der Waals surface area contributed by atoms with Gasteiger partial charge in [0.05, 0.1) is 18.6 Å². The average Bonchev–Trinajstić information content (AvgIpc) is 3.06. The van der Waals surface area contributed by atoms with Gasteiger partial charge in [-0.05, 0) is 37.6 Å². The van der Waals surface area contributed by atoms with Gasteiger partial charge in [-0.15, -0.1) is 0 Å². The van der Waals surface area contributed by atoms with Gasteiger partial charge in [-0.2, -0.15) is 0 Å². The maximum atomic E-state index is 12.1. The van der Waals surface area contributed by atoms with Crippen molar-refractivity contribution in [2.45, 2.75) is 20.4 Å². The van der Waals surface area contributed by atoms with E-state index in [4.69, 9.17) is 0 Å². The summed E-state index contributed by atoms with van der Waals surface area (Å²) in [5, 5.41) is 3.97. The van der Waals surface area contributed by atoms with Crippen molar-refractivity contribution in [2.75, 3.05) is 0 Å². The number of hydrogen-bond acceptors (Lipinski definition) is 2. The SMILES string of the molecule is Cc1[nH]c2ccc(C(=O)NCc3cnc[nH]3)cc2c1C. The van der Waals surface area contributed by atoms with Crippen LogP contribution < -0.4 is 5.32 Å². The van der Waals surface area contributed by atoms with Crippen LogP contribution in [0.2, 0.25) is 0 Å². The van der Waals surface area contributed by atoms with E-state index >= 15 is 0 Å². The zero-order valence-corrected chi connectivity index (χ0v) is 11.4.